The van der Waals surface area contributed by atoms with Crippen LogP contribution in [0.3, 0.4) is 0 Å². The number of piperidine rings is 1. The number of anilines is 2. The van der Waals surface area contributed by atoms with Gasteiger partial charge in [-0.3, -0.25) is 24.6 Å². The van der Waals surface area contributed by atoms with Crippen LogP contribution in [0.2, 0.25) is 0 Å². The minimum Gasteiger partial charge on any atom is -0.506 e. The molecule has 228 valence electrons. The van der Waals surface area contributed by atoms with Gasteiger partial charge in [-0.1, -0.05) is 6.07 Å². The number of phenols is 1. The first-order valence-corrected chi connectivity index (χ1v) is 13.6. The Bertz CT molecular complexity index is 1320. The predicted octanol–water partition coefficient (Wildman–Crippen LogP) is 3.73. The van der Waals surface area contributed by atoms with E-state index in [1.807, 2.05) is 0 Å². The normalized spacial score (nSPS) is 14.1. The minimum absolute atomic E-state index is 0.00215. The lowest BCUT2D eigenvalue weighted by atomic mass is 9.96. The van der Waals surface area contributed by atoms with Crippen molar-refractivity contribution in [2.75, 3.05) is 36.8 Å². The van der Waals surface area contributed by atoms with E-state index in [0.29, 0.717) is 30.9 Å². The third kappa shape index (κ3) is 9.98. The van der Waals surface area contributed by atoms with Crippen LogP contribution in [0.1, 0.15) is 56.5 Å². The maximum Gasteiger partial charge on any atom is 0.412 e. The molecule has 2 aromatic carbocycles. The first-order valence-electron chi connectivity index (χ1n) is 13.6. The summed E-state index contributed by atoms with van der Waals surface area (Å²) in [5, 5.41) is 19.9. The molecule has 0 spiro atoms. The number of carbonyl (C=O) groups is 4. The quantitative estimate of drug-likeness (QED) is 0.280. The molecule has 5 N–H and O–H groups in total. The Kier molecular flexibility index (Phi) is 10.8. The van der Waals surface area contributed by atoms with Crippen LogP contribution >= 0.6 is 0 Å². The molecule has 1 fully saturated rings. The number of amides is 4. The number of aromatic hydroxyl groups is 1. The summed E-state index contributed by atoms with van der Waals surface area (Å²) >= 11 is 0. The Morgan fingerprint density at radius 3 is 2.29 bits per heavy atom. The molecule has 0 bridgehead atoms. The average molecular weight is 590 g/mol. The lowest BCUT2D eigenvalue weighted by Gasteiger charge is -2.32. The third-order valence-corrected chi connectivity index (χ3v) is 6.42. The second-order valence-corrected chi connectivity index (χ2v) is 11.2. The van der Waals surface area contributed by atoms with Crippen LogP contribution in [-0.4, -0.2) is 65.6 Å². The summed E-state index contributed by atoms with van der Waals surface area (Å²) in [6.45, 7) is 8.47. The molecule has 1 saturated heterocycles. The van der Waals surface area contributed by atoms with Crippen molar-refractivity contribution in [3.63, 3.8) is 0 Å². The summed E-state index contributed by atoms with van der Waals surface area (Å²) < 4.78 is 32.8. The van der Waals surface area contributed by atoms with Crippen LogP contribution < -0.4 is 21.3 Å². The summed E-state index contributed by atoms with van der Waals surface area (Å²) in [5.41, 5.74) is -0.204. The molecule has 3 rings (SSSR count). The third-order valence-electron chi connectivity index (χ3n) is 6.42. The number of nitrogens with one attached hydrogen (secondary N) is 4. The van der Waals surface area contributed by atoms with E-state index >= 15 is 0 Å². The second kappa shape index (κ2) is 14.1. The molecule has 0 aromatic heterocycles. The van der Waals surface area contributed by atoms with Crippen molar-refractivity contribution in [1.29, 1.82) is 0 Å². The van der Waals surface area contributed by atoms with Crippen LogP contribution in [-0.2, 0) is 20.9 Å². The molecule has 13 heteroatoms. The summed E-state index contributed by atoms with van der Waals surface area (Å²) in [7, 11) is 0. The van der Waals surface area contributed by atoms with Crippen molar-refractivity contribution >= 4 is 35.2 Å². The van der Waals surface area contributed by atoms with E-state index < -0.39 is 41.7 Å². The number of likely N-dealkylation sites (tertiary alicyclic amines) is 1. The van der Waals surface area contributed by atoms with E-state index in [1.165, 1.54) is 6.92 Å². The van der Waals surface area contributed by atoms with Crippen molar-refractivity contribution in [3.05, 3.63) is 53.1 Å². The topological polar surface area (TPSA) is 149 Å². The molecule has 0 radical (unpaired) electrons. The fraction of sp³-hybridized carbons (Fsp3) is 0.448. The standard InChI is InChI=1S/C29H37F2N5O6/c1-17(37)34-24-11-19(5-6-25(24)38)16-36-9-7-18(8-10-36)14-32-26(39)15-33-27(40)20-12-21(30)22(31)13-23(20)35-28(41)42-29(2,3)4/h5-6,11-13,18,38H,7-10,14-16H2,1-4H3,(H,32,39)(H,33,40)(H,34,37)(H,35,41). The van der Waals surface area contributed by atoms with Gasteiger partial charge in [0, 0.05) is 26.1 Å². The van der Waals surface area contributed by atoms with Crippen LogP contribution in [0.5, 0.6) is 5.75 Å². The van der Waals surface area contributed by atoms with Crippen molar-refractivity contribution in [2.24, 2.45) is 5.92 Å². The Morgan fingerprint density at radius 1 is 0.976 bits per heavy atom. The SMILES string of the molecule is CC(=O)Nc1cc(CN2CCC(CNC(=O)CNC(=O)c3cc(F)c(F)cc3NC(=O)OC(C)(C)C)CC2)ccc1O. The smallest absolute Gasteiger partial charge is 0.412 e. The number of carbonyl (C=O) groups excluding carboxylic acids is 4. The monoisotopic (exact) mass is 589 g/mol. The van der Waals surface area contributed by atoms with Crippen molar-refractivity contribution in [1.82, 2.24) is 15.5 Å². The van der Waals surface area contributed by atoms with E-state index in [-0.39, 0.29) is 28.8 Å². The van der Waals surface area contributed by atoms with Crippen LogP contribution in [0, 0.1) is 17.6 Å². The minimum atomic E-state index is -1.29. The zero-order valence-electron chi connectivity index (χ0n) is 24.1. The Labute approximate surface area is 243 Å². The molecule has 1 aliphatic heterocycles. The van der Waals surface area contributed by atoms with E-state index in [2.05, 4.69) is 26.2 Å². The molecule has 0 aliphatic carbocycles. The van der Waals surface area contributed by atoms with Gasteiger partial charge in [0.25, 0.3) is 5.91 Å². The molecule has 0 saturated carbocycles. The number of benzene rings is 2. The molecular formula is C29H37F2N5O6. The fourth-order valence-corrected chi connectivity index (χ4v) is 4.41. The van der Waals surface area contributed by atoms with Crippen molar-refractivity contribution in [2.45, 2.75) is 52.7 Å². The van der Waals surface area contributed by atoms with Gasteiger partial charge in [0.15, 0.2) is 11.6 Å². The highest BCUT2D eigenvalue weighted by molar-refractivity contribution is 6.03. The van der Waals surface area contributed by atoms with Gasteiger partial charge in [0.2, 0.25) is 11.8 Å². The number of nitrogens with zero attached hydrogens (tertiary/aromatic N) is 1. The number of halogens is 2. The van der Waals surface area contributed by atoms with E-state index in [4.69, 9.17) is 4.74 Å². The molecule has 2 aromatic rings. The lowest BCUT2D eigenvalue weighted by Crippen LogP contribution is -2.41. The fourth-order valence-electron chi connectivity index (χ4n) is 4.41. The maximum absolute atomic E-state index is 13.9. The molecule has 0 unspecified atom stereocenters. The zero-order chi connectivity index (χ0) is 31.0. The summed E-state index contributed by atoms with van der Waals surface area (Å²) in [6.07, 6.45) is 0.708. The lowest BCUT2D eigenvalue weighted by molar-refractivity contribution is -0.120. The second-order valence-electron chi connectivity index (χ2n) is 11.2. The largest absolute Gasteiger partial charge is 0.506 e. The highest BCUT2D eigenvalue weighted by atomic mass is 19.2. The number of hydrogen-bond acceptors (Lipinski definition) is 7. The van der Waals surface area contributed by atoms with Gasteiger partial charge in [0.1, 0.15) is 11.4 Å². The van der Waals surface area contributed by atoms with Gasteiger partial charge in [-0.25, -0.2) is 13.6 Å². The predicted molar refractivity (Wildman–Crippen MR) is 152 cm³/mol. The van der Waals surface area contributed by atoms with Crippen LogP contribution in [0.4, 0.5) is 25.0 Å². The Balaban J connectivity index is 1.45. The van der Waals surface area contributed by atoms with Gasteiger partial charge in [0.05, 0.1) is 23.5 Å². The van der Waals surface area contributed by atoms with Gasteiger partial charge in [-0.2, -0.15) is 0 Å². The Morgan fingerprint density at radius 2 is 1.64 bits per heavy atom. The molecule has 1 heterocycles. The number of ether oxygens (including phenoxy) is 1. The molecule has 4 amide bonds. The number of phenolic OH excluding ortho intramolecular Hbond substituents is 1. The van der Waals surface area contributed by atoms with Gasteiger partial charge in [-0.15, -0.1) is 0 Å². The Hall–Kier alpha value is -4.26. The van der Waals surface area contributed by atoms with E-state index in [1.54, 1.807) is 39.0 Å². The molecule has 0 atom stereocenters. The van der Waals surface area contributed by atoms with E-state index in [0.717, 1.165) is 31.5 Å². The highest BCUT2D eigenvalue weighted by Crippen LogP contribution is 2.26. The summed E-state index contributed by atoms with van der Waals surface area (Å²) in [5.74, 6) is -3.92. The van der Waals surface area contributed by atoms with Gasteiger partial charge >= 0.3 is 6.09 Å². The van der Waals surface area contributed by atoms with Crippen molar-refractivity contribution in [3.8, 4) is 5.75 Å². The van der Waals surface area contributed by atoms with E-state index in [9.17, 15) is 33.1 Å². The summed E-state index contributed by atoms with van der Waals surface area (Å²) in [6, 6.07) is 6.41. The average Bonchev–Trinajstić information content (AvgIpc) is 2.89. The van der Waals surface area contributed by atoms with Crippen LogP contribution in [0.25, 0.3) is 0 Å². The zero-order valence-corrected chi connectivity index (χ0v) is 24.1. The van der Waals surface area contributed by atoms with Crippen LogP contribution in [0.15, 0.2) is 30.3 Å². The first kappa shape index (κ1) is 32.3. The number of hydrogen-bond donors (Lipinski definition) is 5. The molecule has 42 heavy (non-hydrogen) atoms. The maximum atomic E-state index is 13.9. The first-order chi connectivity index (χ1) is 19.7. The summed E-state index contributed by atoms with van der Waals surface area (Å²) in [4.78, 5) is 50.7. The van der Waals surface area contributed by atoms with Gasteiger partial charge in [-0.05, 0) is 76.4 Å². The molecule has 1 aliphatic rings. The highest BCUT2D eigenvalue weighted by Gasteiger charge is 2.23. The molecular weight excluding hydrogens is 552 g/mol. The van der Waals surface area contributed by atoms with Crippen molar-refractivity contribution < 1.29 is 37.8 Å². The van der Waals surface area contributed by atoms with Gasteiger partial charge < -0.3 is 25.8 Å². The molecule has 11 nitrogen and oxygen atoms in total. The number of rotatable bonds is 9.